The molecule has 0 aliphatic heterocycles. The Balaban J connectivity index is 2.76. The first kappa shape index (κ1) is 15.7. The molecule has 1 aromatic rings. The maximum atomic E-state index is 5.99. The van der Waals surface area contributed by atoms with Gasteiger partial charge in [-0.1, -0.05) is 35.8 Å². The van der Waals surface area contributed by atoms with E-state index in [0.717, 1.165) is 17.6 Å². The fraction of sp³-hybridized carbons (Fsp3) is 0.600. The Kier molecular flexibility index (Phi) is 4.98. The summed E-state index contributed by atoms with van der Waals surface area (Å²) >= 11 is 3.55. The highest BCUT2D eigenvalue weighted by atomic mass is 79.9. The summed E-state index contributed by atoms with van der Waals surface area (Å²) < 4.78 is 1.13. The third-order valence-electron chi connectivity index (χ3n) is 3.08. The van der Waals surface area contributed by atoms with Gasteiger partial charge in [-0.05, 0) is 44.0 Å². The highest BCUT2D eigenvalue weighted by Gasteiger charge is 2.23. The first-order valence-corrected chi connectivity index (χ1v) is 7.17. The van der Waals surface area contributed by atoms with Gasteiger partial charge in [0.25, 0.3) is 0 Å². The van der Waals surface area contributed by atoms with Crippen LogP contribution in [0.3, 0.4) is 0 Å². The molecule has 0 heterocycles. The number of halogens is 1. The van der Waals surface area contributed by atoms with E-state index in [-0.39, 0.29) is 11.0 Å². The van der Waals surface area contributed by atoms with Crippen LogP contribution >= 0.6 is 15.9 Å². The zero-order valence-electron chi connectivity index (χ0n) is 12.1. The van der Waals surface area contributed by atoms with E-state index in [2.05, 4.69) is 60.2 Å². The summed E-state index contributed by atoms with van der Waals surface area (Å²) in [5, 5.41) is 3.47. The molecular weight excluding hydrogens is 288 g/mol. The molecule has 1 rings (SSSR count). The monoisotopic (exact) mass is 312 g/mol. The second kappa shape index (κ2) is 5.72. The van der Waals surface area contributed by atoms with Crippen LogP contribution < -0.4 is 11.1 Å². The van der Waals surface area contributed by atoms with Crippen LogP contribution in [0.2, 0.25) is 0 Å². The average Bonchev–Trinajstić information content (AvgIpc) is 2.19. The van der Waals surface area contributed by atoms with Crippen molar-refractivity contribution in [2.24, 2.45) is 5.73 Å². The third kappa shape index (κ3) is 4.71. The quantitative estimate of drug-likeness (QED) is 0.875. The van der Waals surface area contributed by atoms with Crippen LogP contribution in [0.4, 0.5) is 0 Å². The molecule has 0 fully saturated rings. The Labute approximate surface area is 119 Å². The lowest BCUT2D eigenvalue weighted by molar-refractivity contribution is 0.410. The summed E-state index contributed by atoms with van der Waals surface area (Å²) in [6.07, 6.45) is 0. The van der Waals surface area contributed by atoms with Crippen molar-refractivity contribution in [3.63, 3.8) is 0 Å². The van der Waals surface area contributed by atoms with Gasteiger partial charge in [0.15, 0.2) is 0 Å². The predicted molar refractivity (Wildman–Crippen MR) is 83.0 cm³/mol. The molecule has 0 bridgehead atoms. The molecule has 0 unspecified atom stereocenters. The van der Waals surface area contributed by atoms with Gasteiger partial charge in [0.05, 0.1) is 0 Å². The maximum absolute atomic E-state index is 5.99. The van der Waals surface area contributed by atoms with E-state index in [1.54, 1.807) is 0 Å². The first-order valence-electron chi connectivity index (χ1n) is 6.38. The Morgan fingerprint density at radius 1 is 1.17 bits per heavy atom. The van der Waals surface area contributed by atoms with Gasteiger partial charge in [-0.15, -0.1) is 0 Å². The topological polar surface area (TPSA) is 38.0 Å². The second-order valence-electron chi connectivity index (χ2n) is 6.44. The van der Waals surface area contributed by atoms with Crippen LogP contribution in [0.1, 0.15) is 38.8 Å². The van der Waals surface area contributed by atoms with E-state index in [9.17, 15) is 0 Å². The van der Waals surface area contributed by atoms with Crippen molar-refractivity contribution in [1.82, 2.24) is 5.32 Å². The smallest absolute Gasteiger partial charge is 0.0223 e. The number of nitrogens with one attached hydrogen (secondary N) is 1. The third-order valence-corrected chi connectivity index (χ3v) is 3.57. The molecule has 0 atom stereocenters. The summed E-state index contributed by atoms with van der Waals surface area (Å²) in [6, 6.07) is 6.46. The van der Waals surface area contributed by atoms with Gasteiger partial charge in [-0.2, -0.15) is 0 Å². The number of benzene rings is 1. The van der Waals surface area contributed by atoms with E-state index in [4.69, 9.17) is 5.73 Å². The predicted octanol–water partition coefficient (Wildman–Crippen LogP) is 3.36. The minimum Gasteiger partial charge on any atom is -0.324 e. The van der Waals surface area contributed by atoms with Gasteiger partial charge in [-0.3, -0.25) is 0 Å². The molecule has 0 saturated carbocycles. The van der Waals surface area contributed by atoms with Gasteiger partial charge in [0, 0.05) is 28.5 Å². The molecule has 0 saturated heterocycles. The van der Waals surface area contributed by atoms with Crippen LogP contribution in [0, 0.1) is 6.92 Å². The summed E-state index contributed by atoms with van der Waals surface area (Å²) in [7, 11) is 0. The van der Waals surface area contributed by atoms with Crippen LogP contribution in [0.25, 0.3) is 0 Å². The molecule has 3 N–H and O–H groups in total. The molecule has 0 aliphatic carbocycles. The minimum atomic E-state index is -0.164. The highest BCUT2D eigenvalue weighted by Crippen LogP contribution is 2.28. The van der Waals surface area contributed by atoms with Crippen LogP contribution in [0.15, 0.2) is 22.7 Å². The normalized spacial score (nSPS) is 12.8. The summed E-state index contributed by atoms with van der Waals surface area (Å²) in [5.41, 5.74) is 8.62. The van der Waals surface area contributed by atoms with E-state index >= 15 is 0 Å². The van der Waals surface area contributed by atoms with Gasteiger partial charge >= 0.3 is 0 Å². The molecule has 18 heavy (non-hydrogen) atoms. The number of rotatable bonds is 5. The molecule has 0 radical (unpaired) electrons. The Morgan fingerprint density at radius 3 is 2.33 bits per heavy atom. The van der Waals surface area contributed by atoms with E-state index in [1.807, 2.05) is 13.8 Å². The van der Waals surface area contributed by atoms with Crippen molar-refractivity contribution in [3.8, 4) is 0 Å². The standard InChI is InChI=1S/C15H25BrN2/c1-11-6-7-12(16)8-13(11)14(2,3)9-18-10-15(4,5)17/h6-8,18H,9-10,17H2,1-5H3. The zero-order valence-corrected chi connectivity index (χ0v) is 13.7. The Hall–Kier alpha value is -0.380. The molecule has 0 spiro atoms. The van der Waals surface area contributed by atoms with E-state index in [1.165, 1.54) is 11.1 Å². The zero-order chi connectivity index (χ0) is 14.0. The van der Waals surface area contributed by atoms with Crippen LogP contribution in [0.5, 0.6) is 0 Å². The van der Waals surface area contributed by atoms with E-state index in [0.29, 0.717) is 0 Å². The molecule has 0 aliphatic rings. The number of nitrogens with two attached hydrogens (primary N) is 1. The van der Waals surface area contributed by atoms with Crippen molar-refractivity contribution in [3.05, 3.63) is 33.8 Å². The van der Waals surface area contributed by atoms with Crippen molar-refractivity contribution in [1.29, 1.82) is 0 Å². The summed E-state index contributed by atoms with van der Waals surface area (Å²) in [5.74, 6) is 0. The fourth-order valence-corrected chi connectivity index (χ4v) is 2.48. The lowest BCUT2D eigenvalue weighted by atomic mass is 9.82. The molecule has 1 aromatic carbocycles. The first-order chi connectivity index (χ1) is 8.12. The fourth-order valence-electron chi connectivity index (χ4n) is 2.12. The largest absolute Gasteiger partial charge is 0.324 e. The van der Waals surface area contributed by atoms with Gasteiger partial charge in [0.1, 0.15) is 0 Å². The Morgan fingerprint density at radius 2 is 1.78 bits per heavy atom. The average molecular weight is 313 g/mol. The molecule has 0 amide bonds. The highest BCUT2D eigenvalue weighted by molar-refractivity contribution is 9.10. The van der Waals surface area contributed by atoms with Crippen molar-refractivity contribution >= 4 is 15.9 Å². The lowest BCUT2D eigenvalue weighted by Gasteiger charge is -2.30. The molecule has 3 heteroatoms. The molecule has 2 nitrogen and oxygen atoms in total. The SMILES string of the molecule is Cc1ccc(Br)cc1C(C)(C)CNCC(C)(C)N. The van der Waals surface area contributed by atoms with Gasteiger partial charge in [0.2, 0.25) is 0 Å². The van der Waals surface area contributed by atoms with Crippen molar-refractivity contribution in [2.75, 3.05) is 13.1 Å². The summed E-state index contributed by atoms with van der Waals surface area (Å²) in [6.45, 7) is 12.5. The van der Waals surface area contributed by atoms with Gasteiger partial charge < -0.3 is 11.1 Å². The number of aryl methyl sites for hydroxylation is 1. The number of hydrogen-bond donors (Lipinski definition) is 2. The van der Waals surface area contributed by atoms with Crippen LogP contribution in [-0.4, -0.2) is 18.6 Å². The lowest BCUT2D eigenvalue weighted by Crippen LogP contribution is -2.46. The van der Waals surface area contributed by atoms with Crippen molar-refractivity contribution in [2.45, 2.75) is 45.6 Å². The molecule has 102 valence electrons. The molecular formula is C15H25BrN2. The summed E-state index contributed by atoms with van der Waals surface area (Å²) in [4.78, 5) is 0. The van der Waals surface area contributed by atoms with Crippen molar-refractivity contribution < 1.29 is 0 Å². The number of hydrogen-bond acceptors (Lipinski definition) is 2. The minimum absolute atomic E-state index is 0.0963. The molecule has 0 aromatic heterocycles. The van der Waals surface area contributed by atoms with E-state index < -0.39 is 0 Å². The Bertz CT molecular complexity index is 405. The van der Waals surface area contributed by atoms with Gasteiger partial charge in [-0.25, -0.2) is 0 Å². The van der Waals surface area contributed by atoms with Crippen LogP contribution in [-0.2, 0) is 5.41 Å². The second-order valence-corrected chi connectivity index (χ2v) is 7.35. The maximum Gasteiger partial charge on any atom is 0.0223 e.